The average Bonchev–Trinajstić information content (AvgIpc) is 2.82. The van der Waals surface area contributed by atoms with Gasteiger partial charge in [0.15, 0.2) is 6.61 Å². The van der Waals surface area contributed by atoms with Gasteiger partial charge in [0.05, 0.1) is 17.9 Å². The molecule has 0 saturated carbocycles. The molecule has 2 aromatic rings. The molecule has 3 rings (SSSR count). The molecule has 0 spiro atoms. The molecule has 1 aliphatic rings. The van der Waals surface area contributed by atoms with E-state index >= 15 is 0 Å². The number of rotatable bonds is 9. The van der Waals surface area contributed by atoms with E-state index in [1.165, 1.54) is 37.5 Å². The highest BCUT2D eigenvalue weighted by molar-refractivity contribution is 6.06. The summed E-state index contributed by atoms with van der Waals surface area (Å²) < 4.78 is 43.2. The van der Waals surface area contributed by atoms with Crippen molar-refractivity contribution < 1.29 is 32.6 Å². The Bertz CT molecular complexity index is 1080. The first-order valence-corrected chi connectivity index (χ1v) is 10.2. The predicted molar refractivity (Wildman–Crippen MR) is 119 cm³/mol. The molecular weight excluding hydrogens is 434 g/mol. The smallest absolute Gasteiger partial charge is 0.344 e. The van der Waals surface area contributed by atoms with Gasteiger partial charge in [0.2, 0.25) is 0 Å². The van der Waals surface area contributed by atoms with Gasteiger partial charge >= 0.3 is 5.97 Å². The largest absolute Gasteiger partial charge is 0.482 e. The third kappa shape index (κ3) is 6.47. The van der Waals surface area contributed by atoms with E-state index in [2.05, 4.69) is 0 Å². The molecule has 9 heteroatoms. The fourth-order valence-corrected chi connectivity index (χ4v) is 3.13. The van der Waals surface area contributed by atoms with Gasteiger partial charge < -0.3 is 14.2 Å². The molecule has 2 N–H and O–H groups in total. The van der Waals surface area contributed by atoms with Crippen LogP contribution in [0.1, 0.15) is 28.8 Å². The highest BCUT2D eigenvalue weighted by atomic mass is 19.1. The van der Waals surface area contributed by atoms with Crippen LogP contribution in [0.4, 0.5) is 14.5 Å². The van der Waals surface area contributed by atoms with Gasteiger partial charge in [0, 0.05) is 19.6 Å². The summed E-state index contributed by atoms with van der Waals surface area (Å²) in [5, 5.41) is 0.775. The molecule has 174 valence electrons. The molecule has 0 radical (unpaired) electrons. The van der Waals surface area contributed by atoms with Gasteiger partial charge in [-0.2, -0.15) is 0 Å². The van der Waals surface area contributed by atoms with Crippen LogP contribution in [-0.4, -0.2) is 38.8 Å². The molecule has 7 nitrogen and oxygen atoms in total. The maximum Gasteiger partial charge on any atom is 0.344 e. The van der Waals surface area contributed by atoms with Crippen molar-refractivity contribution >= 4 is 23.1 Å². The number of benzene rings is 2. The number of methoxy groups -OCH3 is 1. The Hall–Kier alpha value is -3.56. The highest BCUT2D eigenvalue weighted by Gasteiger charge is 2.20. The van der Waals surface area contributed by atoms with Crippen LogP contribution >= 0.6 is 0 Å². The summed E-state index contributed by atoms with van der Waals surface area (Å²) in [4.78, 5) is 24.6. The lowest BCUT2D eigenvalue weighted by molar-refractivity contribution is -0.147. The number of halogens is 2. The fraction of sp³-hybridized carbons (Fsp3) is 0.250. The lowest BCUT2D eigenvalue weighted by Gasteiger charge is -2.19. The summed E-state index contributed by atoms with van der Waals surface area (Å²) in [6, 6.07) is 10.1. The Kier molecular flexibility index (Phi) is 8.28. The molecule has 33 heavy (non-hydrogen) atoms. The quantitative estimate of drug-likeness (QED) is 0.201. The standard InChI is InChI=1S/C24H24F2N2O5/c1-31-10-11-32-23(29)15-33-20-7-3-6-19(14-20)28(27)24(30)21-13-17(8-9-22(21)26)16-4-2-5-18(25)12-16/h3-4,6-9,12-14H,2,5,10-11,15,27H2,1H3. The van der Waals surface area contributed by atoms with Crippen LogP contribution in [0.25, 0.3) is 5.57 Å². The lowest BCUT2D eigenvalue weighted by atomic mass is 9.97. The molecule has 0 aliphatic heterocycles. The summed E-state index contributed by atoms with van der Waals surface area (Å²) in [6.07, 6.45) is 4.03. The lowest BCUT2D eigenvalue weighted by Crippen LogP contribution is -2.38. The van der Waals surface area contributed by atoms with Crippen LogP contribution in [-0.2, 0) is 14.3 Å². The highest BCUT2D eigenvalue weighted by Crippen LogP contribution is 2.28. The SMILES string of the molecule is COCCOC(=O)COc1cccc(N(N)C(=O)c2cc(C3=CCCC(F)=C3)ccc2F)c1. The van der Waals surface area contributed by atoms with Gasteiger partial charge in [-0.1, -0.05) is 18.2 Å². The van der Waals surface area contributed by atoms with E-state index in [0.29, 0.717) is 24.0 Å². The molecule has 0 bridgehead atoms. The second-order valence-corrected chi connectivity index (χ2v) is 7.16. The number of hydrazine groups is 1. The monoisotopic (exact) mass is 458 g/mol. The normalized spacial score (nSPS) is 13.1. The zero-order valence-electron chi connectivity index (χ0n) is 18.1. The van der Waals surface area contributed by atoms with E-state index in [1.54, 1.807) is 12.1 Å². The first-order chi connectivity index (χ1) is 15.9. The van der Waals surface area contributed by atoms with Crippen LogP contribution in [0, 0.1) is 5.82 Å². The molecule has 0 heterocycles. The number of ether oxygens (including phenoxy) is 3. The molecule has 0 atom stereocenters. The van der Waals surface area contributed by atoms with Crippen LogP contribution in [0.5, 0.6) is 5.75 Å². The minimum absolute atomic E-state index is 0.105. The molecule has 1 aliphatic carbocycles. The third-order valence-corrected chi connectivity index (χ3v) is 4.81. The number of carbonyl (C=O) groups is 2. The molecule has 0 fully saturated rings. The molecule has 0 saturated heterocycles. The Morgan fingerprint density at radius 1 is 1.12 bits per heavy atom. The first-order valence-electron chi connectivity index (χ1n) is 10.2. The van der Waals surface area contributed by atoms with E-state index in [-0.39, 0.29) is 42.6 Å². The van der Waals surface area contributed by atoms with Crippen LogP contribution in [0.3, 0.4) is 0 Å². The summed E-state index contributed by atoms with van der Waals surface area (Å²) in [7, 11) is 1.49. The zero-order chi connectivity index (χ0) is 23.8. The maximum atomic E-state index is 14.5. The molecule has 0 unspecified atom stereocenters. The Balaban J connectivity index is 1.72. The average molecular weight is 458 g/mol. The number of anilines is 1. The summed E-state index contributed by atoms with van der Waals surface area (Å²) >= 11 is 0. The first kappa shape index (κ1) is 24.1. The van der Waals surface area contributed by atoms with E-state index in [9.17, 15) is 18.4 Å². The van der Waals surface area contributed by atoms with Crippen LogP contribution in [0.2, 0.25) is 0 Å². The van der Waals surface area contributed by atoms with Crippen molar-refractivity contribution in [2.75, 3.05) is 31.9 Å². The van der Waals surface area contributed by atoms with Crippen molar-refractivity contribution in [1.29, 1.82) is 0 Å². The molecular formula is C24H24F2N2O5. The number of esters is 1. The fourth-order valence-electron chi connectivity index (χ4n) is 3.13. The Morgan fingerprint density at radius 3 is 2.70 bits per heavy atom. The van der Waals surface area contributed by atoms with Gasteiger partial charge in [-0.3, -0.25) is 4.79 Å². The number of amides is 1. The molecule has 2 aromatic carbocycles. The third-order valence-electron chi connectivity index (χ3n) is 4.81. The van der Waals surface area contributed by atoms with Crippen molar-refractivity contribution in [2.24, 2.45) is 5.84 Å². The topological polar surface area (TPSA) is 91.1 Å². The van der Waals surface area contributed by atoms with Gasteiger partial charge in [0.25, 0.3) is 5.91 Å². The summed E-state index contributed by atoms with van der Waals surface area (Å²) in [6.45, 7) is 0.0288. The number of nitrogens with two attached hydrogens (primary N) is 1. The number of nitrogens with zero attached hydrogens (tertiary/aromatic N) is 1. The van der Waals surface area contributed by atoms with Crippen LogP contribution < -0.4 is 15.6 Å². The number of carbonyl (C=O) groups excluding carboxylic acids is 2. The van der Waals surface area contributed by atoms with Crippen molar-refractivity contribution in [2.45, 2.75) is 12.8 Å². The van der Waals surface area contributed by atoms with Gasteiger partial charge in [-0.15, -0.1) is 0 Å². The minimum Gasteiger partial charge on any atom is -0.482 e. The number of hydrogen-bond donors (Lipinski definition) is 1. The Labute approximate surface area is 190 Å². The van der Waals surface area contributed by atoms with Crippen LogP contribution in [0.15, 0.2) is 60.4 Å². The summed E-state index contributed by atoms with van der Waals surface area (Å²) in [5.74, 6) is 3.82. The number of allylic oxidation sites excluding steroid dienone is 4. The van der Waals surface area contributed by atoms with Gasteiger partial charge in [0.1, 0.15) is 24.0 Å². The predicted octanol–water partition coefficient (Wildman–Crippen LogP) is 3.95. The summed E-state index contributed by atoms with van der Waals surface area (Å²) in [5.41, 5.74) is 1.04. The number of hydrogen-bond acceptors (Lipinski definition) is 6. The van der Waals surface area contributed by atoms with Gasteiger partial charge in [-0.25, -0.2) is 24.4 Å². The molecule has 0 aromatic heterocycles. The van der Waals surface area contributed by atoms with Gasteiger partial charge in [-0.05, 0) is 47.9 Å². The van der Waals surface area contributed by atoms with Crippen molar-refractivity contribution in [3.05, 3.63) is 77.4 Å². The van der Waals surface area contributed by atoms with E-state index < -0.39 is 17.7 Å². The second kappa shape index (κ2) is 11.3. The van der Waals surface area contributed by atoms with Crippen molar-refractivity contribution in [1.82, 2.24) is 0 Å². The minimum atomic E-state index is -0.800. The van der Waals surface area contributed by atoms with Crippen molar-refractivity contribution in [3.63, 3.8) is 0 Å². The van der Waals surface area contributed by atoms with E-state index in [4.69, 9.17) is 20.1 Å². The van der Waals surface area contributed by atoms with Crippen molar-refractivity contribution in [3.8, 4) is 5.75 Å². The zero-order valence-corrected chi connectivity index (χ0v) is 18.1. The Morgan fingerprint density at radius 2 is 1.94 bits per heavy atom. The maximum absolute atomic E-state index is 14.5. The molecule has 1 amide bonds. The van der Waals surface area contributed by atoms with E-state index in [1.807, 2.05) is 6.08 Å². The van der Waals surface area contributed by atoms with E-state index in [0.717, 1.165) is 11.1 Å². The second-order valence-electron chi connectivity index (χ2n) is 7.16.